The van der Waals surface area contributed by atoms with Crippen LogP contribution in [0.15, 0.2) is 12.1 Å². The zero-order valence-electron chi connectivity index (χ0n) is 8.52. The number of rotatable bonds is 2. The Bertz CT molecular complexity index is 394. The van der Waals surface area contributed by atoms with Crippen LogP contribution in [0.5, 0.6) is 5.75 Å². The molecule has 0 saturated carbocycles. The minimum atomic E-state index is -0.895. The smallest absolute Gasteiger partial charge is 0.200 e. The van der Waals surface area contributed by atoms with Crippen molar-refractivity contribution in [2.24, 2.45) is 5.73 Å². The largest absolute Gasteiger partial charge is 0.484 e. The molecule has 4 heteroatoms. The van der Waals surface area contributed by atoms with Gasteiger partial charge in [-0.1, -0.05) is 6.07 Å². The number of hydrogen-bond donors (Lipinski definition) is 1. The summed E-state index contributed by atoms with van der Waals surface area (Å²) in [5.41, 5.74) is 5.67. The lowest BCUT2D eigenvalue weighted by atomic mass is 9.96. The molecular formula is C11H13F2NO. The van der Waals surface area contributed by atoms with Crippen LogP contribution >= 0.6 is 0 Å². The quantitative estimate of drug-likeness (QED) is 0.815. The molecule has 1 aromatic carbocycles. The third-order valence-corrected chi connectivity index (χ3v) is 2.72. The van der Waals surface area contributed by atoms with Crippen LogP contribution < -0.4 is 10.5 Å². The maximum atomic E-state index is 13.4. The number of nitrogens with two attached hydrogens (primary N) is 1. The van der Waals surface area contributed by atoms with Gasteiger partial charge in [-0.15, -0.1) is 0 Å². The molecule has 0 bridgehead atoms. The summed E-state index contributed by atoms with van der Waals surface area (Å²) in [7, 11) is 0. The summed E-state index contributed by atoms with van der Waals surface area (Å²) in [5.74, 6) is -1.72. The van der Waals surface area contributed by atoms with E-state index in [4.69, 9.17) is 10.5 Å². The number of fused-ring (bicyclic) bond motifs is 1. The lowest BCUT2D eigenvalue weighted by Crippen LogP contribution is -2.33. The van der Waals surface area contributed by atoms with Gasteiger partial charge in [0, 0.05) is 12.0 Å². The lowest BCUT2D eigenvalue weighted by Gasteiger charge is -2.22. The Balaban J connectivity index is 2.35. The van der Waals surface area contributed by atoms with Crippen molar-refractivity contribution in [1.82, 2.24) is 0 Å². The zero-order chi connectivity index (χ0) is 11.1. The van der Waals surface area contributed by atoms with Crippen molar-refractivity contribution in [2.45, 2.75) is 25.4 Å². The number of hydrogen-bond acceptors (Lipinski definition) is 2. The molecule has 82 valence electrons. The van der Waals surface area contributed by atoms with Crippen molar-refractivity contribution in [1.29, 1.82) is 0 Å². The third kappa shape index (κ3) is 1.69. The first-order chi connectivity index (χ1) is 7.06. The highest BCUT2D eigenvalue weighted by atomic mass is 19.2. The predicted octanol–water partition coefficient (Wildman–Crippen LogP) is 2.01. The van der Waals surface area contributed by atoms with E-state index in [0.29, 0.717) is 24.9 Å². The molecule has 0 aliphatic carbocycles. The minimum Gasteiger partial charge on any atom is -0.484 e. The van der Waals surface area contributed by atoms with Gasteiger partial charge in [-0.3, -0.25) is 0 Å². The van der Waals surface area contributed by atoms with E-state index in [-0.39, 0.29) is 5.75 Å². The summed E-state index contributed by atoms with van der Waals surface area (Å²) in [6.07, 6.45) is 1.21. The maximum Gasteiger partial charge on any atom is 0.200 e. The summed E-state index contributed by atoms with van der Waals surface area (Å²) < 4.78 is 31.7. The van der Waals surface area contributed by atoms with Crippen LogP contribution in [0.4, 0.5) is 8.78 Å². The summed E-state index contributed by atoms with van der Waals surface area (Å²) in [6, 6.07) is 2.70. The molecule has 0 amide bonds. The molecule has 15 heavy (non-hydrogen) atoms. The average Bonchev–Trinajstić information content (AvgIpc) is 2.50. The van der Waals surface area contributed by atoms with E-state index in [1.165, 1.54) is 0 Å². The van der Waals surface area contributed by atoms with E-state index in [9.17, 15) is 8.78 Å². The van der Waals surface area contributed by atoms with E-state index in [2.05, 4.69) is 0 Å². The van der Waals surface area contributed by atoms with Crippen molar-refractivity contribution >= 4 is 0 Å². The first kappa shape index (κ1) is 10.4. The first-order valence-corrected chi connectivity index (χ1v) is 4.92. The van der Waals surface area contributed by atoms with Gasteiger partial charge in [-0.2, -0.15) is 4.39 Å². The van der Waals surface area contributed by atoms with Crippen LogP contribution in [0.25, 0.3) is 0 Å². The average molecular weight is 213 g/mol. The Morgan fingerprint density at radius 3 is 2.87 bits per heavy atom. The van der Waals surface area contributed by atoms with Crippen molar-refractivity contribution in [3.8, 4) is 5.75 Å². The Hall–Kier alpha value is -1.16. The topological polar surface area (TPSA) is 35.2 Å². The monoisotopic (exact) mass is 213 g/mol. The molecule has 0 saturated heterocycles. The molecule has 0 aromatic heterocycles. The third-order valence-electron chi connectivity index (χ3n) is 2.72. The fourth-order valence-corrected chi connectivity index (χ4v) is 1.95. The van der Waals surface area contributed by atoms with Gasteiger partial charge in [-0.25, -0.2) is 4.39 Å². The van der Waals surface area contributed by atoms with E-state index in [0.717, 1.165) is 6.07 Å². The molecule has 1 aliphatic rings. The van der Waals surface area contributed by atoms with Gasteiger partial charge >= 0.3 is 0 Å². The van der Waals surface area contributed by atoms with Crippen molar-refractivity contribution in [2.75, 3.05) is 6.54 Å². The molecule has 1 atom stereocenters. The van der Waals surface area contributed by atoms with E-state index < -0.39 is 17.2 Å². The van der Waals surface area contributed by atoms with Gasteiger partial charge in [0.05, 0.1) is 0 Å². The van der Waals surface area contributed by atoms with Crippen LogP contribution in [0.3, 0.4) is 0 Å². The molecule has 0 radical (unpaired) electrons. The molecule has 2 rings (SSSR count). The van der Waals surface area contributed by atoms with Gasteiger partial charge < -0.3 is 10.5 Å². The van der Waals surface area contributed by atoms with E-state index in [1.807, 2.05) is 6.92 Å². The lowest BCUT2D eigenvalue weighted by molar-refractivity contribution is 0.103. The molecule has 1 aromatic rings. The second-order valence-corrected chi connectivity index (χ2v) is 4.12. The number of benzene rings is 1. The van der Waals surface area contributed by atoms with Crippen molar-refractivity contribution in [3.63, 3.8) is 0 Å². The Labute approximate surface area is 87.0 Å². The Morgan fingerprint density at radius 2 is 2.20 bits per heavy atom. The summed E-state index contributed by atoms with van der Waals surface area (Å²) in [5, 5.41) is 0. The molecule has 0 spiro atoms. The fourth-order valence-electron chi connectivity index (χ4n) is 1.95. The molecular weight excluding hydrogens is 200 g/mol. The highest BCUT2D eigenvalue weighted by molar-refractivity contribution is 5.40. The SMILES string of the molecule is CC1(CCN)Cc2ccc(F)c(F)c2O1. The fraction of sp³-hybridized carbons (Fsp3) is 0.455. The van der Waals surface area contributed by atoms with Crippen LogP contribution in [-0.4, -0.2) is 12.1 Å². The van der Waals surface area contributed by atoms with Crippen LogP contribution in [0.2, 0.25) is 0 Å². The summed E-state index contributed by atoms with van der Waals surface area (Å²) in [4.78, 5) is 0. The standard InChI is InChI=1S/C11H13F2NO/c1-11(4-5-14)6-7-2-3-8(12)9(13)10(7)15-11/h2-3H,4-6,14H2,1H3. The summed E-state index contributed by atoms with van der Waals surface area (Å²) >= 11 is 0. The van der Waals surface area contributed by atoms with Crippen LogP contribution in [0.1, 0.15) is 18.9 Å². The molecule has 1 heterocycles. The second-order valence-electron chi connectivity index (χ2n) is 4.12. The maximum absolute atomic E-state index is 13.4. The van der Waals surface area contributed by atoms with Gasteiger partial charge in [0.2, 0.25) is 5.82 Å². The molecule has 1 unspecified atom stereocenters. The van der Waals surface area contributed by atoms with Crippen molar-refractivity contribution in [3.05, 3.63) is 29.3 Å². The molecule has 0 fully saturated rings. The highest BCUT2D eigenvalue weighted by Gasteiger charge is 2.36. The minimum absolute atomic E-state index is 0.0472. The second kappa shape index (κ2) is 3.45. The number of halogens is 2. The van der Waals surface area contributed by atoms with Gasteiger partial charge in [-0.05, 0) is 26.0 Å². The Kier molecular flexibility index (Phi) is 2.38. The first-order valence-electron chi connectivity index (χ1n) is 4.92. The van der Waals surface area contributed by atoms with Gasteiger partial charge in [0.25, 0.3) is 0 Å². The van der Waals surface area contributed by atoms with E-state index >= 15 is 0 Å². The molecule has 2 nitrogen and oxygen atoms in total. The van der Waals surface area contributed by atoms with Crippen LogP contribution in [0, 0.1) is 11.6 Å². The Morgan fingerprint density at radius 1 is 1.47 bits per heavy atom. The van der Waals surface area contributed by atoms with Crippen LogP contribution in [-0.2, 0) is 6.42 Å². The molecule has 1 aliphatic heterocycles. The zero-order valence-corrected chi connectivity index (χ0v) is 8.52. The van der Waals surface area contributed by atoms with Crippen molar-refractivity contribution < 1.29 is 13.5 Å². The van der Waals surface area contributed by atoms with Gasteiger partial charge in [0.15, 0.2) is 11.6 Å². The predicted molar refractivity (Wildman–Crippen MR) is 52.8 cm³/mol. The normalized spacial score (nSPS) is 23.7. The highest BCUT2D eigenvalue weighted by Crippen LogP contribution is 2.39. The number of ether oxygens (including phenoxy) is 1. The van der Waals surface area contributed by atoms with Gasteiger partial charge in [0.1, 0.15) is 5.60 Å². The molecule has 2 N–H and O–H groups in total. The van der Waals surface area contributed by atoms with E-state index in [1.54, 1.807) is 6.07 Å². The summed E-state index contributed by atoms with van der Waals surface area (Å²) in [6.45, 7) is 2.33.